The first-order chi connectivity index (χ1) is 21.9. The second kappa shape index (κ2) is 12.4. The number of halogens is 1. The van der Waals surface area contributed by atoms with E-state index in [1.165, 1.54) is 19.1 Å². The highest BCUT2D eigenvalue weighted by Gasteiger charge is 2.63. The summed E-state index contributed by atoms with van der Waals surface area (Å²) in [4.78, 5) is 45.8. The Hall–Kier alpha value is -5.18. The molecule has 4 aromatic rings. The molecule has 2 aliphatic heterocycles. The third-order valence-electron chi connectivity index (χ3n) is 7.80. The van der Waals surface area contributed by atoms with Gasteiger partial charge in [-0.1, -0.05) is 96.5 Å². The lowest BCUT2D eigenvalue weighted by Gasteiger charge is -2.45. The van der Waals surface area contributed by atoms with Gasteiger partial charge in [-0.05, 0) is 47.5 Å². The highest BCUT2D eigenvalue weighted by Crippen LogP contribution is 2.53. The van der Waals surface area contributed by atoms with Crippen molar-refractivity contribution in [2.45, 2.75) is 18.4 Å². The predicted molar refractivity (Wildman–Crippen MR) is 171 cm³/mol. The Kier molecular flexibility index (Phi) is 8.26. The number of hydrogen-bond donors (Lipinski definition) is 0. The summed E-state index contributed by atoms with van der Waals surface area (Å²) in [6.45, 7) is 0.175. The molecule has 0 aliphatic carbocycles. The number of amides is 1. The summed E-state index contributed by atoms with van der Waals surface area (Å²) in [5.41, 5.74) is 0.415. The standard InChI is InChI=1S/C36H29ClN2O6/c1-43-33(40)31-32(34(41)44-2)39(27-16-10-5-11-17-27)30(21-18-24-12-6-3-7-13-24)45-36(31)28-22-26(37)19-20-29(28)38(35(36)42)23-25-14-8-4-9-15-25/h3-22,30H,23H2,1-2H3/b21-18+/t30-,36+/m0/s1. The average Bonchev–Trinajstić information content (AvgIpc) is 3.29. The van der Waals surface area contributed by atoms with Gasteiger partial charge >= 0.3 is 11.9 Å². The molecule has 2 atom stereocenters. The van der Waals surface area contributed by atoms with Crippen molar-refractivity contribution >= 4 is 46.9 Å². The van der Waals surface area contributed by atoms with Gasteiger partial charge in [0.25, 0.3) is 5.91 Å². The topological polar surface area (TPSA) is 85.4 Å². The minimum absolute atomic E-state index is 0.175. The lowest BCUT2D eigenvalue weighted by Crippen LogP contribution is -2.57. The van der Waals surface area contributed by atoms with Crippen molar-refractivity contribution < 1.29 is 28.6 Å². The van der Waals surface area contributed by atoms with Crippen LogP contribution in [0.4, 0.5) is 11.4 Å². The minimum atomic E-state index is -2.11. The van der Waals surface area contributed by atoms with E-state index in [-0.39, 0.29) is 17.8 Å². The Bertz CT molecular complexity index is 1810. The first-order valence-corrected chi connectivity index (χ1v) is 14.6. The van der Waals surface area contributed by atoms with Crippen LogP contribution in [0.15, 0.2) is 127 Å². The molecule has 0 aromatic heterocycles. The number of benzene rings is 4. The molecule has 2 aliphatic rings. The molecule has 0 unspecified atom stereocenters. The van der Waals surface area contributed by atoms with Gasteiger partial charge in [-0.2, -0.15) is 0 Å². The van der Waals surface area contributed by atoms with Gasteiger partial charge in [-0.3, -0.25) is 4.79 Å². The van der Waals surface area contributed by atoms with Gasteiger partial charge in [0, 0.05) is 16.3 Å². The van der Waals surface area contributed by atoms with Gasteiger partial charge in [0.15, 0.2) is 6.23 Å². The Balaban J connectivity index is 1.66. The zero-order valence-corrected chi connectivity index (χ0v) is 25.3. The van der Waals surface area contributed by atoms with E-state index in [4.69, 9.17) is 25.8 Å². The van der Waals surface area contributed by atoms with Crippen molar-refractivity contribution in [2.24, 2.45) is 0 Å². The molecule has 0 bridgehead atoms. The van der Waals surface area contributed by atoms with E-state index in [0.29, 0.717) is 22.0 Å². The number of carbonyl (C=O) groups excluding carboxylic acids is 3. The number of hydrogen-bond acceptors (Lipinski definition) is 7. The molecule has 4 aromatic carbocycles. The molecule has 1 spiro atoms. The number of anilines is 2. The summed E-state index contributed by atoms with van der Waals surface area (Å²) < 4.78 is 17.4. The maximum absolute atomic E-state index is 14.9. The fourth-order valence-electron chi connectivity index (χ4n) is 5.81. The normalized spacial score (nSPS) is 19.3. The van der Waals surface area contributed by atoms with Crippen LogP contribution < -0.4 is 9.80 Å². The molecule has 0 radical (unpaired) electrons. The number of rotatable bonds is 7. The summed E-state index contributed by atoms with van der Waals surface area (Å²) in [5, 5.41) is 0.316. The molecule has 226 valence electrons. The smallest absolute Gasteiger partial charge is 0.355 e. The van der Waals surface area contributed by atoms with Crippen molar-refractivity contribution in [1.29, 1.82) is 0 Å². The molecular formula is C36H29ClN2O6. The maximum Gasteiger partial charge on any atom is 0.355 e. The van der Waals surface area contributed by atoms with Gasteiger partial charge in [0.1, 0.15) is 11.3 Å². The highest BCUT2D eigenvalue weighted by molar-refractivity contribution is 6.31. The number of carbonyl (C=O) groups is 3. The second-order valence-electron chi connectivity index (χ2n) is 10.4. The van der Waals surface area contributed by atoms with Crippen molar-refractivity contribution in [2.75, 3.05) is 24.0 Å². The van der Waals surface area contributed by atoms with Crippen molar-refractivity contribution in [3.63, 3.8) is 0 Å². The summed E-state index contributed by atoms with van der Waals surface area (Å²) in [5.74, 6) is -2.35. The van der Waals surface area contributed by atoms with E-state index in [0.717, 1.165) is 11.1 Å². The Morgan fingerprint density at radius 1 is 0.867 bits per heavy atom. The zero-order chi connectivity index (χ0) is 31.6. The van der Waals surface area contributed by atoms with E-state index in [9.17, 15) is 14.4 Å². The molecule has 8 nitrogen and oxygen atoms in total. The van der Waals surface area contributed by atoms with Crippen LogP contribution in [-0.2, 0) is 40.7 Å². The van der Waals surface area contributed by atoms with Crippen LogP contribution >= 0.6 is 11.6 Å². The molecule has 45 heavy (non-hydrogen) atoms. The lowest BCUT2D eigenvalue weighted by molar-refractivity contribution is -0.156. The Labute approximate surface area is 265 Å². The van der Waals surface area contributed by atoms with Crippen LogP contribution in [0.5, 0.6) is 0 Å². The minimum Gasteiger partial charge on any atom is -0.465 e. The van der Waals surface area contributed by atoms with Gasteiger partial charge in [-0.15, -0.1) is 0 Å². The predicted octanol–water partition coefficient (Wildman–Crippen LogP) is 6.26. The van der Waals surface area contributed by atoms with Gasteiger partial charge in [0.05, 0.1) is 26.5 Å². The number of ether oxygens (including phenoxy) is 3. The third kappa shape index (κ3) is 5.28. The summed E-state index contributed by atoms with van der Waals surface area (Å²) in [6.07, 6.45) is 2.49. The molecule has 0 fully saturated rings. The van der Waals surface area contributed by atoms with E-state index < -0.39 is 29.7 Å². The quantitative estimate of drug-likeness (QED) is 0.226. The van der Waals surface area contributed by atoms with E-state index in [1.54, 1.807) is 53.4 Å². The van der Waals surface area contributed by atoms with E-state index >= 15 is 0 Å². The molecule has 1 amide bonds. The molecule has 9 heteroatoms. The van der Waals surface area contributed by atoms with E-state index in [1.807, 2.05) is 72.8 Å². The van der Waals surface area contributed by atoms with Crippen LogP contribution in [0.3, 0.4) is 0 Å². The molecule has 0 saturated carbocycles. The lowest BCUT2D eigenvalue weighted by atomic mass is 9.83. The average molecular weight is 621 g/mol. The highest BCUT2D eigenvalue weighted by atomic mass is 35.5. The largest absolute Gasteiger partial charge is 0.465 e. The maximum atomic E-state index is 14.9. The van der Waals surface area contributed by atoms with Gasteiger partial charge in [-0.25, -0.2) is 9.59 Å². The van der Waals surface area contributed by atoms with Crippen LogP contribution in [0.25, 0.3) is 6.08 Å². The first kappa shape index (κ1) is 29.9. The van der Waals surface area contributed by atoms with Crippen molar-refractivity contribution in [3.8, 4) is 0 Å². The van der Waals surface area contributed by atoms with Gasteiger partial charge in [0.2, 0.25) is 5.60 Å². The second-order valence-corrected chi connectivity index (χ2v) is 10.8. The molecular weight excluding hydrogens is 592 g/mol. The number of nitrogens with zero attached hydrogens (tertiary/aromatic N) is 2. The van der Waals surface area contributed by atoms with Gasteiger partial charge < -0.3 is 24.0 Å². The first-order valence-electron chi connectivity index (χ1n) is 14.2. The molecule has 6 rings (SSSR count). The molecule has 0 saturated heterocycles. The van der Waals surface area contributed by atoms with Crippen LogP contribution in [-0.4, -0.2) is 38.3 Å². The summed E-state index contributed by atoms with van der Waals surface area (Å²) >= 11 is 6.54. The SMILES string of the molecule is COC(=O)C1=C(C(=O)OC)[C@@]2(O[C@@H](/C=C/c3ccccc3)N1c1ccccc1)C(=O)N(Cc1ccccc1)c1ccc(Cl)cc12. The fourth-order valence-corrected chi connectivity index (χ4v) is 5.99. The van der Waals surface area contributed by atoms with Crippen LogP contribution in [0, 0.1) is 0 Å². The van der Waals surface area contributed by atoms with Crippen molar-refractivity contribution in [1.82, 2.24) is 0 Å². The fraction of sp³-hybridized carbons (Fsp3) is 0.139. The van der Waals surface area contributed by atoms with Crippen molar-refractivity contribution in [3.05, 3.63) is 148 Å². The number of fused-ring (bicyclic) bond motifs is 2. The summed E-state index contributed by atoms with van der Waals surface area (Å²) in [6, 6.07) is 32.9. The number of methoxy groups -OCH3 is 2. The van der Waals surface area contributed by atoms with Crippen LogP contribution in [0.1, 0.15) is 16.7 Å². The number of para-hydroxylation sites is 1. The third-order valence-corrected chi connectivity index (χ3v) is 8.03. The Morgan fingerprint density at radius 3 is 2.13 bits per heavy atom. The zero-order valence-electron chi connectivity index (χ0n) is 24.6. The monoisotopic (exact) mass is 620 g/mol. The number of esters is 2. The van der Waals surface area contributed by atoms with Crippen LogP contribution in [0.2, 0.25) is 5.02 Å². The molecule has 0 N–H and O–H groups in total. The van der Waals surface area contributed by atoms with E-state index in [2.05, 4.69) is 0 Å². The summed E-state index contributed by atoms with van der Waals surface area (Å²) in [7, 11) is 2.40. The Morgan fingerprint density at radius 2 is 1.49 bits per heavy atom. The molecule has 2 heterocycles.